The van der Waals surface area contributed by atoms with Crippen LogP contribution in [0.3, 0.4) is 0 Å². The fourth-order valence-corrected chi connectivity index (χ4v) is 3.14. The number of aromatic nitrogens is 2. The van der Waals surface area contributed by atoms with E-state index >= 15 is 0 Å². The van der Waals surface area contributed by atoms with Crippen molar-refractivity contribution in [2.24, 2.45) is 0 Å². The third-order valence-corrected chi connectivity index (χ3v) is 4.50. The molecule has 1 aromatic carbocycles. The molecule has 1 aliphatic heterocycles. The summed E-state index contributed by atoms with van der Waals surface area (Å²) in [6.07, 6.45) is 3.35. The first-order chi connectivity index (χ1) is 11.7. The number of nitrogens with one attached hydrogen (secondary N) is 1. The summed E-state index contributed by atoms with van der Waals surface area (Å²) >= 11 is 0. The minimum absolute atomic E-state index is 0.277. The summed E-state index contributed by atoms with van der Waals surface area (Å²) in [6, 6.07) is 6.89. The van der Waals surface area contributed by atoms with Gasteiger partial charge in [0.1, 0.15) is 5.75 Å². The molecule has 130 valence electrons. The molecule has 1 unspecified atom stereocenters. The number of nitrogens with zero attached hydrogens (tertiary/aromatic N) is 3. The summed E-state index contributed by atoms with van der Waals surface area (Å²) in [5.41, 5.74) is 8.09. The molecule has 0 radical (unpaired) electrons. The fraction of sp³-hybridized carbons (Fsp3) is 0.529. The SMILES string of the molecule is Cc1c(OCCCNc2nonc2N)cccc1N1CCCC1C. The second kappa shape index (κ2) is 7.42. The average molecular weight is 331 g/mol. The standard InChI is InChI=1S/C17H25N5O2/c1-12-6-4-10-22(12)14-7-3-8-15(13(14)2)23-11-5-9-19-17-16(18)20-24-21-17/h3,7-8,12H,4-6,9-11H2,1-2H3,(H2,18,20)(H,19,21). The molecule has 2 heterocycles. The molecule has 1 saturated heterocycles. The Bertz CT molecular complexity index is 673. The lowest BCUT2D eigenvalue weighted by atomic mass is 10.1. The zero-order valence-electron chi connectivity index (χ0n) is 14.3. The van der Waals surface area contributed by atoms with Crippen molar-refractivity contribution in [3.63, 3.8) is 0 Å². The number of hydrogen-bond acceptors (Lipinski definition) is 7. The van der Waals surface area contributed by atoms with Crippen LogP contribution in [0, 0.1) is 6.92 Å². The van der Waals surface area contributed by atoms with Gasteiger partial charge in [0.2, 0.25) is 11.6 Å². The number of rotatable bonds is 7. The molecule has 7 heteroatoms. The predicted octanol–water partition coefficient (Wildman–Crippen LogP) is 2.83. The summed E-state index contributed by atoms with van der Waals surface area (Å²) in [5.74, 6) is 1.71. The molecule has 1 aromatic heterocycles. The first-order valence-electron chi connectivity index (χ1n) is 8.48. The lowest BCUT2D eigenvalue weighted by molar-refractivity contribution is 0.308. The summed E-state index contributed by atoms with van der Waals surface area (Å²) in [7, 11) is 0. The van der Waals surface area contributed by atoms with Crippen molar-refractivity contribution in [1.82, 2.24) is 10.3 Å². The van der Waals surface area contributed by atoms with Crippen LogP contribution in [0.15, 0.2) is 22.8 Å². The van der Waals surface area contributed by atoms with E-state index in [-0.39, 0.29) is 5.82 Å². The van der Waals surface area contributed by atoms with Gasteiger partial charge in [-0.3, -0.25) is 0 Å². The monoisotopic (exact) mass is 331 g/mol. The molecule has 3 N–H and O–H groups in total. The molecule has 0 amide bonds. The summed E-state index contributed by atoms with van der Waals surface area (Å²) in [5, 5.41) is 10.3. The topological polar surface area (TPSA) is 89.4 Å². The Hall–Kier alpha value is -2.44. The van der Waals surface area contributed by atoms with Crippen LogP contribution in [-0.4, -0.2) is 36.1 Å². The zero-order chi connectivity index (χ0) is 16.9. The average Bonchev–Trinajstić information content (AvgIpc) is 3.17. The Kier molecular flexibility index (Phi) is 5.08. The Morgan fingerprint density at radius 3 is 3.00 bits per heavy atom. The molecule has 1 aliphatic rings. The van der Waals surface area contributed by atoms with Crippen LogP contribution in [0.25, 0.3) is 0 Å². The summed E-state index contributed by atoms with van der Waals surface area (Å²) < 4.78 is 10.5. The van der Waals surface area contributed by atoms with Crippen LogP contribution in [-0.2, 0) is 0 Å². The van der Waals surface area contributed by atoms with Gasteiger partial charge in [0.25, 0.3) is 0 Å². The smallest absolute Gasteiger partial charge is 0.215 e. The van der Waals surface area contributed by atoms with E-state index in [1.807, 2.05) is 6.07 Å². The minimum Gasteiger partial charge on any atom is -0.493 e. The highest BCUT2D eigenvalue weighted by Gasteiger charge is 2.22. The lowest BCUT2D eigenvalue weighted by Gasteiger charge is -2.26. The van der Waals surface area contributed by atoms with E-state index in [0.29, 0.717) is 25.0 Å². The normalized spacial score (nSPS) is 17.2. The first kappa shape index (κ1) is 16.4. The largest absolute Gasteiger partial charge is 0.493 e. The highest BCUT2D eigenvalue weighted by atomic mass is 16.6. The molecule has 1 atom stereocenters. The molecule has 0 spiro atoms. The first-order valence-corrected chi connectivity index (χ1v) is 8.48. The second-order valence-electron chi connectivity index (χ2n) is 6.21. The van der Waals surface area contributed by atoms with Gasteiger partial charge < -0.3 is 20.7 Å². The number of ether oxygens (including phenoxy) is 1. The van der Waals surface area contributed by atoms with Gasteiger partial charge in [0, 0.05) is 30.4 Å². The third kappa shape index (κ3) is 3.55. The van der Waals surface area contributed by atoms with E-state index in [4.69, 9.17) is 10.5 Å². The highest BCUT2D eigenvalue weighted by molar-refractivity contribution is 5.59. The predicted molar refractivity (Wildman–Crippen MR) is 94.5 cm³/mol. The van der Waals surface area contributed by atoms with Crippen molar-refractivity contribution in [2.45, 2.75) is 39.2 Å². The Morgan fingerprint density at radius 1 is 1.42 bits per heavy atom. The third-order valence-electron chi connectivity index (χ3n) is 4.50. The van der Waals surface area contributed by atoms with Crippen LogP contribution in [0.5, 0.6) is 5.75 Å². The molecule has 7 nitrogen and oxygen atoms in total. The van der Waals surface area contributed by atoms with E-state index in [9.17, 15) is 0 Å². The number of anilines is 3. The van der Waals surface area contributed by atoms with E-state index in [2.05, 4.69) is 51.1 Å². The van der Waals surface area contributed by atoms with Crippen LogP contribution in [0.2, 0.25) is 0 Å². The second-order valence-corrected chi connectivity index (χ2v) is 6.21. The summed E-state index contributed by atoms with van der Waals surface area (Å²) in [6.45, 7) is 6.87. The van der Waals surface area contributed by atoms with Crippen LogP contribution in [0.4, 0.5) is 17.3 Å². The van der Waals surface area contributed by atoms with Crippen molar-refractivity contribution < 1.29 is 9.37 Å². The van der Waals surface area contributed by atoms with E-state index in [0.717, 1.165) is 18.7 Å². The molecule has 1 fully saturated rings. The lowest BCUT2D eigenvalue weighted by Crippen LogP contribution is -2.27. The highest BCUT2D eigenvalue weighted by Crippen LogP contribution is 2.33. The number of nitrogens with two attached hydrogens (primary N) is 1. The van der Waals surface area contributed by atoms with Gasteiger partial charge in [-0.2, -0.15) is 0 Å². The van der Waals surface area contributed by atoms with Crippen molar-refractivity contribution in [3.05, 3.63) is 23.8 Å². The molecule has 0 aliphatic carbocycles. The van der Waals surface area contributed by atoms with Crippen molar-refractivity contribution in [3.8, 4) is 5.75 Å². The van der Waals surface area contributed by atoms with Gasteiger partial charge in [-0.05, 0) is 55.6 Å². The van der Waals surface area contributed by atoms with E-state index in [1.54, 1.807) is 0 Å². The fourth-order valence-electron chi connectivity index (χ4n) is 3.14. The maximum Gasteiger partial charge on any atom is 0.215 e. The number of nitrogen functional groups attached to an aromatic ring is 1. The van der Waals surface area contributed by atoms with Gasteiger partial charge in [-0.25, -0.2) is 4.63 Å². The maximum atomic E-state index is 5.96. The van der Waals surface area contributed by atoms with Crippen molar-refractivity contribution in [1.29, 1.82) is 0 Å². The van der Waals surface area contributed by atoms with Gasteiger partial charge in [0.05, 0.1) is 6.61 Å². The Labute approximate surface area is 142 Å². The molecular formula is C17H25N5O2. The van der Waals surface area contributed by atoms with Crippen LogP contribution in [0.1, 0.15) is 31.7 Å². The number of hydrogen-bond donors (Lipinski definition) is 2. The van der Waals surface area contributed by atoms with Crippen molar-refractivity contribution in [2.75, 3.05) is 35.6 Å². The van der Waals surface area contributed by atoms with Crippen LogP contribution >= 0.6 is 0 Å². The van der Waals surface area contributed by atoms with Crippen molar-refractivity contribution >= 4 is 17.3 Å². The number of benzene rings is 1. The Balaban J connectivity index is 1.51. The molecule has 2 aromatic rings. The maximum absolute atomic E-state index is 5.96. The van der Waals surface area contributed by atoms with Gasteiger partial charge >= 0.3 is 0 Å². The summed E-state index contributed by atoms with van der Waals surface area (Å²) in [4.78, 5) is 2.48. The van der Waals surface area contributed by atoms with E-state index < -0.39 is 0 Å². The molecule has 0 bridgehead atoms. The van der Waals surface area contributed by atoms with Gasteiger partial charge in [0.15, 0.2) is 0 Å². The van der Waals surface area contributed by atoms with Gasteiger partial charge in [-0.1, -0.05) is 6.07 Å². The Morgan fingerprint density at radius 2 is 2.29 bits per heavy atom. The minimum atomic E-state index is 0.277. The van der Waals surface area contributed by atoms with Gasteiger partial charge in [-0.15, -0.1) is 0 Å². The molecule has 3 rings (SSSR count). The van der Waals surface area contributed by atoms with E-state index in [1.165, 1.54) is 24.1 Å². The molecular weight excluding hydrogens is 306 g/mol. The zero-order valence-corrected chi connectivity index (χ0v) is 14.3. The quantitative estimate of drug-likeness (QED) is 0.754. The molecule has 0 saturated carbocycles. The van der Waals surface area contributed by atoms with Crippen LogP contribution < -0.4 is 20.7 Å². The molecule has 24 heavy (non-hydrogen) atoms.